The van der Waals surface area contributed by atoms with Crippen LogP contribution in [0.4, 0.5) is 0 Å². The van der Waals surface area contributed by atoms with Gasteiger partial charge >= 0.3 is 0 Å². The maximum atomic E-state index is 10.1. The zero-order valence-corrected chi connectivity index (χ0v) is 9.50. The van der Waals surface area contributed by atoms with Crippen LogP contribution in [0.3, 0.4) is 0 Å². The molecule has 0 saturated carbocycles. The molecule has 2 aromatic rings. The fourth-order valence-corrected chi connectivity index (χ4v) is 2.57. The van der Waals surface area contributed by atoms with Crippen molar-refractivity contribution in [3.8, 4) is 0 Å². The minimum atomic E-state index is -0.368. The second-order valence-electron chi connectivity index (χ2n) is 3.67. The first kappa shape index (κ1) is 10.4. The average Bonchev–Trinajstić information content (AvgIpc) is 2.66. The molecule has 1 atom stereocenters. The molecule has 0 spiro atoms. The van der Waals surface area contributed by atoms with Gasteiger partial charge in [-0.25, -0.2) is 0 Å². The van der Waals surface area contributed by atoms with Crippen LogP contribution in [0.2, 0.25) is 0 Å². The van der Waals surface area contributed by atoms with Gasteiger partial charge in [-0.2, -0.15) is 0 Å². The van der Waals surface area contributed by atoms with Gasteiger partial charge in [0.1, 0.15) is 0 Å². The highest BCUT2D eigenvalue weighted by molar-refractivity contribution is 7.10. The van der Waals surface area contributed by atoms with E-state index in [4.69, 9.17) is 0 Å². The topological polar surface area (TPSA) is 20.2 Å². The van der Waals surface area contributed by atoms with E-state index >= 15 is 0 Å². The first-order valence-corrected chi connectivity index (χ1v) is 5.91. The fraction of sp³-hybridized carbons (Fsp3) is 0.231. The summed E-state index contributed by atoms with van der Waals surface area (Å²) in [6.07, 6.45) is 0.328. The van der Waals surface area contributed by atoms with Crippen molar-refractivity contribution in [3.63, 3.8) is 0 Å². The Morgan fingerprint density at radius 3 is 2.53 bits per heavy atom. The van der Waals surface area contributed by atoms with E-state index in [0.717, 1.165) is 4.88 Å². The first-order chi connectivity index (χ1) is 7.27. The predicted molar refractivity (Wildman–Crippen MR) is 64.2 cm³/mol. The molecule has 1 aromatic heterocycles. The molecular formula is C13H14OS. The number of aliphatic hydroxyl groups excluding tert-OH is 1. The lowest BCUT2D eigenvalue weighted by Gasteiger charge is -2.09. The van der Waals surface area contributed by atoms with E-state index in [1.54, 1.807) is 11.3 Å². The highest BCUT2D eigenvalue weighted by Crippen LogP contribution is 2.26. The summed E-state index contributed by atoms with van der Waals surface area (Å²) in [7, 11) is 0. The van der Waals surface area contributed by atoms with E-state index < -0.39 is 0 Å². The van der Waals surface area contributed by atoms with Crippen molar-refractivity contribution in [3.05, 3.63) is 57.8 Å². The van der Waals surface area contributed by atoms with Gasteiger partial charge in [0.15, 0.2) is 0 Å². The quantitative estimate of drug-likeness (QED) is 0.837. The Bertz CT molecular complexity index is 419. The second kappa shape index (κ2) is 4.60. The summed E-state index contributed by atoms with van der Waals surface area (Å²) in [6, 6.07) is 12.1. The summed E-state index contributed by atoms with van der Waals surface area (Å²) in [5.41, 5.74) is 2.36. The minimum absolute atomic E-state index is 0.368. The molecule has 2 rings (SSSR count). The Kier molecular flexibility index (Phi) is 3.19. The normalized spacial score (nSPS) is 12.7. The van der Waals surface area contributed by atoms with Crippen molar-refractivity contribution < 1.29 is 5.11 Å². The Labute approximate surface area is 94.0 Å². The van der Waals surface area contributed by atoms with Gasteiger partial charge < -0.3 is 5.11 Å². The molecule has 1 heterocycles. The molecule has 0 amide bonds. The molecule has 0 saturated heterocycles. The number of aryl methyl sites for hydroxylation is 1. The lowest BCUT2D eigenvalue weighted by molar-refractivity contribution is 0.181. The lowest BCUT2D eigenvalue weighted by Crippen LogP contribution is -2.00. The summed E-state index contributed by atoms with van der Waals surface area (Å²) < 4.78 is 0. The van der Waals surface area contributed by atoms with Crippen LogP contribution in [-0.4, -0.2) is 5.11 Å². The second-order valence-corrected chi connectivity index (χ2v) is 4.62. The van der Waals surface area contributed by atoms with E-state index in [0.29, 0.717) is 6.42 Å². The van der Waals surface area contributed by atoms with E-state index in [9.17, 15) is 5.11 Å². The van der Waals surface area contributed by atoms with E-state index in [-0.39, 0.29) is 6.10 Å². The summed E-state index contributed by atoms with van der Waals surface area (Å²) in [5.74, 6) is 0. The largest absolute Gasteiger partial charge is 0.387 e. The number of hydrogen-bond donors (Lipinski definition) is 1. The van der Waals surface area contributed by atoms with Crippen molar-refractivity contribution in [2.75, 3.05) is 0 Å². The molecule has 1 aromatic carbocycles. The highest BCUT2D eigenvalue weighted by Gasteiger charge is 2.11. The van der Waals surface area contributed by atoms with Gasteiger partial charge in [0.05, 0.1) is 6.10 Å². The first-order valence-electron chi connectivity index (χ1n) is 5.03. The summed E-state index contributed by atoms with van der Waals surface area (Å²) >= 11 is 1.63. The molecule has 0 radical (unpaired) electrons. The van der Waals surface area contributed by atoms with Gasteiger partial charge in [-0.1, -0.05) is 30.3 Å². The molecule has 1 unspecified atom stereocenters. The van der Waals surface area contributed by atoms with E-state index in [1.807, 2.05) is 48.7 Å². The monoisotopic (exact) mass is 218 g/mol. The third kappa shape index (κ3) is 2.46. The Morgan fingerprint density at radius 2 is 1.93 bits per heavy atom. The molecule has 78 valence electrons. The zero-order valence-electron chi connectivity index (χ0n) is 8.68. The maximum Gasteiger partial charge on any atom is 0.0924 e. The van der Waals surface area contributed by atoms with Crippen molar-refractivity contribution >= 4 is 11.3 Å². The van der Waals surface area contributed by atoms with Gasteiger partial charge in [-0.15, -0.1) is 11.3 Å². The van der Waals surface area contributed by atoms with Crippen LogP contribution < -0.4 is 0 Å². The van der Waals surface area contributed by atoms with E-state index in [1.165, 1.54) is 11.1 Å². The highest BCUT2D eigenvalue weighted by atomic mass is 32.1. The molecule has 2 heteroatoms. The predicted octanol–water partition coefficient (Wildman–Crippen LogP) is 3.33. The van der Waals surface area contributed by atoms with Gasteiger partial charge in [0.2, 0.25) is 0 Å². The third-order valence-electron chi connectivity index (χ3n) is 2.48. The Balaban J connectivity index is 2.11. The van der Waals surface area contributed by atoms with Gasteiger partial charge in [-0.05, 0) is 29.5 Å². The smallest absolute Gasteiger partial charge is 0.0924 e. The summed E-state index contributed by atoms with van der Waals surface area (Å²) in [4.78, 5) is 1.08. The van der Waals surface area contributed by atoms with Crippen LogP contribution in [0.5, 0.6) is 0 Å². The lowest BCUT2D eigenvalue weighted by atomic mass is 10.1. The molecule has 0 bridgehead atoms. The van der Waals surface area contributed by atoms with E-state index in [2.05, 4.69) is 0 Å². The molecule has 0 fully saturated rings. The fourth-order valence-electron chi connectivity index (χ4n) is 1.66. The third-order valence-corrected chi connectivity index (χ3v) is 3.60. The van der Waals surface area contributed by atoms with Crippen molar-refractivity contribution in [2.24, 2.45) is 0 Å². The number of aliphatic hydroxyl groups is 1. The van der Waals surface area contributed by atoms with Crippen LogP contribution in [0.15, 0.2) is 41.8 Å². The Morgan fingerprint density at radius 1 is 1.20 bits per heavy atom. The van der Waals surface area contributed by atoms with Crippen LogP contribution in [0.1, 0.15) is 22.1 Å². The molecule has 1 N–H and O–H groups in total. The average molecular weight is 218 g/mol. The van der Waals surface area contributed by atoms with Gasteiger partial charge in [0, 0.05) is 11.3 Å². The molecule has 0 aliphatic rings. The number of benzene rings is 1. The molecule has 0 aliphatic heterocycles. The SMILES string of the molecule is Cc1ccsc1C(O)Cc1ccccc1. The molecule has 1 nitrogen and oxygen atoms in total. The number of hydrogen-bond acceptors (Lipinski definition) is 2. The summed E-state index contributed by atoms with van der Waals surface area (Å²) in [6.45, 7) is 2.04. The van der Waals surface area contributed by atoms with Crippen LogP contribution in [0.25, 0.3) is 0 Å². The Hall–Kier alpha value is -1.12. The zero-order chi connectivity index (χ0) is 10.7. The summed E-state index contributed by atoms with van der Waals surface area (Å²) in [5, 5.41) is 12.1. The van der Waals surface area contributed by atoms with Gasteiger partial charge in [-0.3, -0.25) is 0 Å². The molecule has 15 heavy (non-hydrogen) atoms. The van der Waals surface area contributed by atoms with Crippen LogP contribution in [-0.2, 0) is 6.42 Å². The number of rotatable bonds is 3. The number of thiophene rings is 1. The van der Waals surface area contributed by atoms with Crippen molar-refractivity contribution in [1.29, 1.82) is 0 Å². The van der Waals surface area contributed by atoms with Crippen LogP contribution in [0, 0.1) is 6.92 Å². The van der Waals surface area contributed by atoms with Crippen LogP contribution >= 0.6 is 11.3 Å². The van der Waals surface area contributed by atoms with Crippen molar-refractivity contribution in [2.45, 2.75) is 19.4 Å². The van der Waals surface area contributed by atoms with Crippen molar-refractivity contribution in [1.82, 2.24) is 0 Å². The molecular weight excluding hydrogens is 204 g/mol. The molecule has 0 aliphatic carbocycles. The maximum absolute atomic E-state index is 10.1. The standard InChI is InChI=1S/C13H14OS/c1-10-7-8-15-13(10)12(14)9-11-5-3-2-4-6-11/h2-8,12,14H,9H2,1H3. The minimum Gasteiger partial charge on any atom is -0.387 e. The van der Waals surface area contributed by atoms with Gasteiger partial charge in [0.25, 0.3) is 0 Å².